The Bertz CT molecular complexity index is 1000. The molecule has 0 saturated carbocycles. The van der Waals surface area contributed by atoms with E-state index in [0.29, 0.717) is 17.9 Å². The van der Waals surface area contributed by atoms with Gasteiger partial charge in [-0.2, -0.15) is 15.6 Å². The summed E-state index contributed by atoms with van der Waals surface area (Å²) < 4.78 is 6.49. The van der Waals surface area contributed by atoms with Gasteiger partial charge in [-0.05, 0) is 65.4 Å². The minimum atomic E-state index is -0.701. The number of ether oxygens (including phenoxy) is 1. The normalized spacial score (nSPS) is 19.0. The standard InChI is InChI=1S/C21H18IN5O/c1-2-28-19-9-8-14(11-18(19)22)10-15(12-23)20-17(13-24)21(25)27(26-20)16-6-4-3-5-7-16/h3-11,17,21H,2,25H2,1H3/b15-10-/t17-,21+/m1/s1. The molecule has 7 heteroatoms. The van der Waals surface area contributed by atoms with Crippen molar-refractivity contribution in [2.24, 2.45) is 16.8 Å². The maximum atomic E-state index is 9.72. The third-order valence-corrected chi connectivity index (χ3v) is 5.10. The van der Waals surface area contributed by atoms with Crippen LogP contribution in [0.2, 0.25) is 0 Å². The maximum absolute atomic E-state index is 9.72. The molecule has 0 bridgehead atoms. The molecule has 28 heavy (non-hydrogen) atoms. The Balaban J connectivity index is 1.99. The van der Waals surface area contributed by atoms with Crippen LogP contribution in [0.5, 0.6) is 5.75 Å². The van der Waals surface area contributed by atoms with E-state index >= 15 is 0 Å². The first-order valence-electron chi connectivity index (χ1n) is 8.71. The Labute approximate surface area is 177 Å². The van der Waals surface area contributed by atoms with E-state index in [1.807, 2.05) is 55.5 Å². The van der Waals surface area contributed by atoms with E-state index in [-0.39, 0.29) is 0 Å². The first kappa shape index (κ1) is 19.9. The van der Waals surface area contributed by atoms with Crippen molar-refractivity contribution in [1.82, 2.24) is 0 Å². The number of hydrogen-bond donors (Lipinski definition) is 1. The van der Waals surface area contributed by atoms with Crippen molar-refractivity contribution < 1.29 is 4.74 Å². The lowest BCUT2D eigenvalue weighted by molar-refractivity contribution is 0.338. The van der Waals surface area contributed by atoms with Gasteiger partial charge in [-0.3, -0.25) is 0 Å². The second-order valence-corrected chi connectivity index (χ2v) is 7.22. The van der Waals surface area contributed by atoms with Crippen LogP contribution >= 0.6 is 22.6 Å². The van der Waals surface area contributed by atoms with E-state index in [2.05, 4.69) is 39.8 Å². The van der Waals surface area contributed by atoms with Gasteiger partial charge in [0.25, 0.3) is 0 Å². The lowest BCUT2D eigenvalue weighted by Gasteiger charge is -2.21. The number of halogens is 1. The molecule has 0 unspecified atom stereocenters. The molecule has 2 aromatic carbocycles. The zero-order valence-electron chi connectivity index (χ0n) is 15.2. The fraction of sp³-hybridized carbons (Fsp3) is 0.190. The largest absolute Gasteiger partial charge is 0.493 e. The van der Waals surface area contributed by atoms with Crippen LogP contribution in [0.1, 0.15) is 12.5 Å². The monoisotopic (exact) mass is 483 g/mol. The van der Waals surface area contributed by atoms with E-state index in [9.17, 15) is 10.5 Å². The molecule has 2 N–H and O–H groups in total. The highest BCUT2D eigenvalue weighted by molar-refractivity contribution is 14.1. The summed E-state index contributed by atoms with van der Waals surface area (Å²) in [7, 11) is 0. The molecule has 0 radical (unpaired) electrons. The molecule has 0 aliphatic carbocycles. The maximum Gasteiger partial charge on any atom is 0.132 e. The van der Waals surface area contributed by atoms with E-state index in [1.54, 1.807) is 11.1 Å². The second-order valence-electron chi connectivity index (χ2n) is 6.06. The zero-order valence-corrected chi connectivity index (χ0v) is 17.4. The average Bonchev–Trinajstić information content (AvgIpc) is 3.05. The molecule has 1 aliphatic heterocycles. The predicted molar refractivity (Wildman–Crippen MR) is 117 cm³/mol. The van der Waals surface area contributed by atoms with Crippen molar-refractivity contribution in [2.75, 3.05) is 11.6 Å². The van der Waals surface area contributed by atoms with Crippen LogP contribution in [0.15, 0.2) is 59.2 Å². The summed E-state index contributed by atoms with van der Waals surface area (Å²) >= 11 is 2.19. The van der Waals surface area contributed by atoms with Crippen molar-refractivity contribution in [1.29, 1.82) is 10.5 Å². The number of benzene rings is 2. The Morgan fingerprint density at radius 2 is 2.04 bits per heavy atom. The number of nitrogens with zero attached hydrogens (tertiary/aromatic N) is 4. The van der Waals surface area contributed by atoms with Gasteiger partial charge in [-0.15, -0.1) is 0 Å². The second kappa shape index (κ2) is 8.87. The number of nitrogens with two attached hydrogens (primary N) is 1. The van der Waals surface area contributed by atoms with Gasteiger partial charge in [-0.1, -0.05) is 24.3 Å². The van der Waals surface area contributed by atoms with E-state index in [1.165, 1.54) is 0 Å². The summed E-state index contributed by atoms with van der Waals surface area (Å²) in [4.78, 5) is 0. The molecule has 2 atom stereocenters. The summed E-state index contributed by atoms with van der Waals surface area (Å²) in [5, 5.41) is 25.5. The molecule has 1 aliphatic rings. The van der Waals surface area contributed by atoms with Gasteiger partial charge in [-0.25, -0.2) is 5.01 Å². The highest BCUT2D eigenvalue weighted by Crippen LogP contribution is 2.29. The Morgan fingerprint density at radius 1 is 1.29 bits per heavy atom. The number of hydrazone groups is 1. The van der Waals surface area contributed by atoms with Gasteiger partial charge >= 0.3 is 0 Å². The fourth-order valence-electron chi connectivity index (χ4n) is 2.93. The molecule has 0 fully saturated rings. The van der Waals surface area contributed by atoms with Crippen molar-refractivity contribution in [3.8, 4) is 17.9 Å². The third-order valence-electron chi connectivity index (χ3n) is 4.26. The quantitative estimate of drug-likeness (QED) is 0.514. The van der Waals surface area contributed by atoms with Crippen molar-refractivity contribution in [2.45, 2.75) is 13.1 Å². The molecule has 0 aromatic heterocycles. The van der Waals surface area contributed by atoms with Crippen LogP contribution in [0, 0.1) is 32.2 Å². The van der Waals surface area contributed by atoms with Gasteiger partial charge in [0.05, 0.1) is 33.2 Å². The topological polar surface area (TPSA) is 98.4 Å². The van der Waals surface area contributed by atoms with Crippen LogP contribution in [0.3, 0.4) is 0 Å². The highest BCUT2D eigenvalue weighted by atomic mass is 127. The number of allylic oxidation sites excluding steroid dienone is 1. The average molecular weight is 483 g/mol. The number of para-hydroxylation sites is 1. The van der Waals surface area contributed by atoms with Gasteiger partial charge in [0.15, 0.2) is 0 Å². The molecular weight excluding hydrogens is 465 g/mol. The van der Waals surface area contributed by atoms with Crippen LogP contribution in [0.4, 0.5) is 5.69 Å². The number of rotatable bonds is 5. The summed E-state index contributed by atoms with van der Waals surface area (Å²) in [6.07, 6.45) is 1.07. The molecule has 0 saturated heterocycles. The smallest absolute Gasteiger partial charge is 0.132 e. The summed E-state index contributed by atoms with van der Waals surface area (Å²) in [5.41, 5.74) is 8.56. The Morgan fingerprint density at radius 3 is 2.64 bits per heavy atom. The number of nitriles is 2. The van der Waals surface area contributed by atoms with Gasteiger partial charge in [0, 0.05) is 0 Å². The SMILES string of the molecule is CCOc1ccc(/C=C(/C#N)C2=NN(c3ccccc3)[C@H](N)[C@@H]2C#N)cc1I. The van der Waals surface area contributed by atoms with E-state index in [4.69, 9.17) is 10.5 Å². The first-order chi connectivity index (χ1) is 13.6. The van der Waals surface area contributed by atoms with Crippen LogP contribution < -0.4 is 15.5 Å². The van der Waals surface area contributed by atoms with Crippen LogP contribution in [-0.4, -0.2) is 18.5 Å². The highest BCUT2D eigenvalue weighted by Gasteiger charge is 2.37. The third kappa shape index (κ3) is 4.01. The molecule has 1 heterocycles. The molecular formula is C21H18IN5O. The summed E-state index contributed by atoms with van der Waals surface area (Å²) in [6.45, 7) is 2.52. The summed E-state index contributed by atoms with van der Waals surface area (Å²) in [6, 6.07) is 19.4. The lowest BCUT2D eigenvalue weighted by atomic mass is 9.95. The minimum absolute atomic E-state index is 0.320. The molecule has 0 amide bonds. The van der Waals surface area contributed by atoms with E-state index in [0.717, 1.165) is 20.6 Å². The predicted octanol–water partition coefficient (Wildman–Crippen LogP) is 3.90. The molecule has 2 aromatic rings. The zero-order chi connectivity index (χ0) is 20.1. The van der Waals surface area contributed by atoms with Crippen LogP contribution in [0.25, 0.3) is 6.08 Å². The molecule has 3 rings (SSSR count). The van der Waals surface area contributed by atoms with Crippen molar-refractivity contribution in [3.63, 3.8) is 0 Å². The van der Waals surface area contributed by atoms with Crippen LogP contribution in [-0.2, 0) is 0 Å². The molecule has 140 valence electrons. The van der Waals surface area contributed by atoms with E-state index < -0.39 is 12.1 Å². The van der Waals surface area contributed by atoms with Gasteiger partial charge < -0.3 is 10.5 Å². The van der Waals surface area contributed by atoms with Gasteiger partial charge in [0.2, 0.25) is 0 Å². The van der Waals surface area contributed by atoms with Crippen molar-refractivity contribution in [3.05, 3.63) is 63.2 Å². The Kier molecular flexibility index (Phi) is 6.30. The fourth-order valence-corrected chi connectivity index (χ4v) is 3.62. The summed E-state index contributed by atoms with van der Waals surface area (Å²) in [5.74, 6) is 0.0945. The number of hydrogen-bond acceptors (Lipinski definition) is 6. The number of anilines is 1. The molecule has 6 nitrogen and oxygen atoms in total. The lowest BCUT2D eigenvalue weighted by Crippen LogP contribution is -2.40. The van der Waals surface area contributed by atoms with Gasteiger partial charge in [0.1, 0.15) is 23.9 Å². The Hall–Kier alpha value is -2.88. The molecule has 0 spiro atoms. The minimum Gasteiger partial charge on any atom is -0.493 e. The van der Waals surface area contributed by atoms with Crippen molar-refractivity contribution >= 4 is 40.1 Å². The first-order valence-corrected chi connectivity index (χ1v) is 9.79.